The van der Waals surface area contributed by atoms with Crippen LogP contribution in [0.2, 0.25) is 0 Å². The SMILES string of the molecule is C[C@@H]1COCCN1c1cc(N2CCN(S(C)(=O)=O)CC2)n2ncc(-c3ccc[nH]3)c2n1. The average Bonchev–Trinajstić information content (AvgIpc) is 3.42. The quantitative estimate of drug-likeness (QED) is 0.640. The van der Waals surface area contributed by atoms with Gasteiger partial charge >= 0.3 is 0 Å². The van der Waals surface area contributed by atoms with Gasteiger partial charge in [-0.25, -0.2) is 13.4 Å². The monoisotopic (exact) mass is 445 g/mol. The number of ether oxygens (including phenoxy) is 1. The Hall–Kier alpha value is -2.63. The third-order valence-corrected chi connectivity index (χ3v) is 7.32. The number of hydrogen-bond donors (Lipinski definition) is 1. The molecule has 0 radical (unpaired) electrons. The lowest BCUT2D eigenvalue weighted by atomic mass is 10.2. The summed E-state index contributed by atoms with van der Waals surface area (Å²) in [5.41, 5.74) is 2.67. The topological polar surface area (TPSA) is 99.1 Å². The Labute approximate surface area is 181 Å². The molecular formula is C20H27N7O3S. The molecule has 2 aliphatic rings. The van der Waals surface area contributed by atoms with E-state index >= 15 is 0 Å². The number of H-pyrrole nitrogens is 1. The molecule has 0 saturated carbocycles. The zero-order valence-corrected chi connectivity index (χ0v) is 18.5. The van der Waals surface area contributed by atoms with Gasteiger partial charge in [-0.05, 0) is 19.1 Å². The van der Waals surface area contributed by atoms with Gasteiger partial charge in [0.2, 0.25) is 10.0 Å². The molecule has 0 amide bonds. The summed E-state index contributed by atoms with van der Waals surface area (Å²) in [5, 5.41) is 4.64. The molecule has 2 fully saturated rings. The molecule has 5 heterocycles. The minimum Gasteiger partial charge on any atom is -0.377 e. The number of rotatable bonds is 4. The van der Waals surface area contributed by atoms with Crippen molar-refractivity contribution >= 4 is 27.3 Å². The van der Waals surface area contributed by atoms with E-state index in [2.05, 4.69) is 32.9 Å². The Balaban J connectivity index is 1.58. The number of hydrogen-bond acceptors (Lipinski definition) is 7. The molecule has 3 aromatic heterocycles. The van der Waals surface area contributed by atoms with Gasteiger partial charge in [0.25, 0.3) is 0 Å². The fourth-order valence-corrected chi connectivity index (χ4v) is 5.14. The minimum absolute atomic E-state index is 0.218. The molecule has 0 unspecified atom stereocenters. The number of anilines is 2. The van der Waals surface area contributed by atoms with Crippen LogP contribution >= 0.6 is 0 Å². The van der Waals surface area contributed by atoms with E-state index in [4.69, 9.17) is 9.72 Å². The van der Waals surface area contributed by atoms with Crippen LogP contribution in [0.1, 0.15) is 6.92 Å². The summed E-state index contributed by atoms with van der Waals surface area (Å²) in [6, 6.07) is 6.25. The minimum atomic E-state index is -3.19. The maximum atomic E-state index is 11.9. The van der Waals surface area contributed by atoms with E-state index < -0.39 is 10.0 Å². The highest BCUT2D eigenvalue weighted by molar-refractivity contribution is 7.88. The first-order valence-corrected chi connectivity index (χ1v) is 12.3. The van der Waals surface area contributed by atoms with Crippen molar-refractivity contribution < 1.29 is 13.2 Å². The van der Waals surface area contributed by atoms with Crippen LogP contribution in [0.25, 0.3) is 16.9 Å². The molecule has 5 rings (SSSR count). The number of fused-ring (bicyclic) bond motifs is 1. The van der Waals surface area contributed by atoms with Crippen molar-refractivity contribution in [3.8, 4) is 11.3 Å². The molecular weight excluding hydrogens is 418 g/mol. The van der Waals surface area contributed by atoms with Crippen LogP contribution in [0, 0.1) is 0 Å². The molecule has 10 nitrogen and oxygen atoms in total. The Morgan fingerprint density at radius 3 is 2.68 bits per heavy atom. The lowest BCUT2D eigenvalue weighted by molar-refractivity contribution is 0.0985. The van der Waals surface area contributed by atoms with Crippen LogP contribution in [-0.4, -0.2) is 90.5 Å². The largest absolute Gasteiger partial charge is 0.377 e. The molecule has 0 aromatic carbocycles. The number of nitrogens with zero attached hydrogens (tertiary/aromatic N) is 6. The van der Waals surface area contributed by atoms with Crippen LogP contribution in [-0.2, 0) is 14.8 Å². The van der Waals surface area contributed by atoms with E-state index in [-0.39, 0.29) is 6.04 Å². The van der Waals surface area contributed by atoms with E-state index in [9.17, 15) is 8.42 Å². The number of aromatic amines is 1. The van der Waals surface area contributed by atoms with Gasteiger partial charge < -0.3 is 19.5 Å². The molecule has 1 atom stereocenters. The van der Waals surface area contributed by atoms with Crippen molar-refractivity contribution in [2.75, 3.05) is 62.0 Å². The van der Waals surface area contributed by atoms with Gasteiger partial charge in [-0.2, -0.15) is 13.9 Å². The lowest BCUT2D eigenvalue weighted by Gasteiger charge is -2.37. The number of nitrogens with one attached hydrogen (secondary N) is 1. The molecule has 0 bridgehead atoms. The third kappa shape index (κ3) is 3.77. The summed E-state index contributed by atoms with van der Waals surface area (Å²) < 4.78 is 32.9. The average molecular weight is 446 g/mol. The van der Waals surface area contributed by atoms with Crippen LogP contribution < -0.4 is 9.80 Å². The first-order valence-electron chi connectivity index (χ1n) is 10.5. The van der Waals surface area contributed by atoms with Crippen molar-refractivity contribution in [1.82, 2.24) is 23.9 Å². The van der Waals surface area contributed by atoms with E-state index in [1.165, 1.54) is 10.6 Å². The highest BCUT2D eigenvalue weighted by Crippen LogP contribution is 2.30. The van der Waals surface area contributed by atoms with Gasteiger partial charge in [0.05, 0.1) is 43.0 Å². The van der Waals surface area contributed by atoms with E-state index in [0.717, 1.165) is 35.1 Å². The summed E-state index contributed by atoms with van der Waals surface area (Å²) in [6.07, 6.45) is 4.98. The van der Waals surface area contributed by atoms with Crippen molar-refractivity contribution in [1.29, 1.82) is 0 Å². The van der Waals surface area contributed by atoms with Crippen LogP contribution in [0.4, 0.5) is 11.6 Å². The Morgan fingerprint density at radius 2 is 2.00 bits per heavy atom. The lowest BCUT2D eigenvalue weighted by Crippen LogP contribution is -2.49. The van der Waals surface area contributed by atoms with Gasteiger partial charge in [-0.1, -0.05) is 0 Å². The molecule has 1 N–H and O–H groups in total. The predicted octanol–water partition coefficient (Wildman–Crippen LogP) is 1.03. The maximum absolute atomic E-state index is 11.9. The second kappa shape index (κ2) is 7.81. The molecule has 166 valence electrons. The van der Waals surface area contributed by atoms with Crippen molar-refractivity contribution in [3.05, 3.63) is 30.6 Å². The fraction of sp³-hybridized carbons (Fsp3) is 0.500. The predicted molar refractivity (Wildman–Crippen MR) is 119 cm³/mol. The second-order valence-corrected chi connectivity index (χ2v) is 10.1. The third-order valence-electron chi connectivity index (χ3n) is 6.02. The standard InChI is InChI=1S/C20H27N7O3S/c1-15-14-30-11-10-26(15)18-12-19(24-6-8-25(9-7-24)31(2,28)29)27-20(23-18)16(13-22-27)17-4-3-5-21-17/h3-5,12-13,15,21H,6-11,14H2,1-2H3/t15-/m1/s1. The van der Waals surface area contributed by atoms with Crippen LogP contribution in [0.15, 0.2) is 30.6 Å². The fourth-order valence-electron chi connectivity index (χ4n) is 4.31. The molecule has 11 heteroatoms. The molecule has 31 heavy (non-hydrogen) atoms. The van der Waals surface area contributed by atoms with Crippen molar-refractivity contribution in [3.63, 3.8) is 0 Å². The summed E-state index contributed by atoms with van der Waals surface area (Å²) in [6.45, 7) is 6.35. The Bertz CT molecular complexity index is 1170. The van der Waals surface area contributed by atoms with E-state index in [0.29, 0.717) is 39.4 Å². The summed E-state index contributed by atoms with van der Waals surface area (Å²) in [4.78, 5) is 12.7. The Morgan fingerprint density at radius 1 is 1.19 bits per heavy atom. The zero-order chi connectivity index (χ0) is 21.6. The van der Waals surface area contributed by atoms with Crippen molar-refractivity contribution in [2.45, 2.75) is 13.0 Å². The molecule has 2 aliphatic heterocycles. The number of sulfonamides is 1. The van der Waals surface area contributed by atoms with Gasteiger partial charge in [0.1, 0.15) is 11.6 Å². The van der Waals surface area contributed by atoms with Gasteiger partial charge in [-0.15, -0.1) is 0 Å². The highest BCUT2D eigenvalue weighted by Gasteiger charge is 2.28. The normalized spacial score (nSPS) is 21.2. The van der Waals surface area contributed by atoms with Crippen LogP contribution in [0.3, 0.4) is 0 Å². The number of piperazine rings is 1. The van der Waals surface area contributed by atoms with Gasteiger partial charge in [0, 0.05) is 45.0 Å². The highest BCUT2D eigenvalue weighted by atomic mass is 32.2. The first kappa shape index (κ1) is 20.3. The zero-order valence-electron chi connectivity index (χ0n) is 17.7. The molecule has 2 saturated heterocycles. The number of morpholine rings is 1. The summed E-state index contributed by atoms with van der Waals surface area (Å²) >= 11 is 0. The number of aromatic nitrogens is 4. The van der Waals surface area contributed by atoms with Gasteiger partial charge in [-0.3, -0.25) is 0 Å². The summed E-state index contributed by atoms with van der Waals surface area (Å²) in [5.74, 6) is 1.81. The van der Waals surface area contributed by atoms with Gasteiger partial charge in [0.15, 0.2) is 5.65 Å². The van der Waals surface area contributed by atoms with Crippen molar-refractivity contribution in [2.24, 2.45) is 0 Å². The second-order valence-electron chi connectivity index (χ2n) is 8.12. The van der Waals surface area contributed by atoms with E-state index in [1.807, 2.05) is 29.0 Å². The van der Waals surface area contributed by atoms with E-state index in [1.54, 1.807) is 0 Å². The summed E-state index contributed by atoms with van der Waals surface area (Å²) in [7, 11) is -3.19. The molecule has 3 aromatic rings. The smallest absolute Gasteiger partial charge is 0.211 e. The first-order chi connectivity index (χ1) is 14.9. The maximum Gasteiger partial charge on any atom is 0.211 e. The molecule has 0 aliphatic carbocycles. The molecule has 0 spiro atoms. The Kier molecular flexibility index (Phi) is 5.11. The van der Waals surface area contributed by atoms with Crippen LogP contribution in [0.5, 0.6) is 0 Å².